The van der Waals surface area contributed by atoms with Crippen LogP contribution < -0.4 is 15.4 Å². The normalized spacial score (nSPS) is 15.8. The highest BCUT2D eigenvalue weighted by atomic mass is 16.5. The Kier molecular flexibility index (Phi) is 6.13. The van der Waals surface area contributed by atoms with Crippen molar-refractivity contribution in [1.29, 1.82) is 0 Å². The quantitative estimate of drug-likeness (QED) is 0.662. The van der Waals surface area contributed by atoms with Crippen molar-refractivity contribution in [3.63, 3.8) is 0 Å². The molecule has 3 rings (SSSR count). The minimum atomic E-state index is -1.04. The Hall–Kier alpha value is -2.60. The van der Waals surface area contributed by atoms with E-state index in [0.29, 0.717) is 24.3 Å². The number of benzene rings is 1. The third kappa shape index (κ3) is 5.48. The third-order valence-corrected chi connectivity index (χ3v) is 5.17. The van der Waals surface area contributed by atoms with Crippen molar-refractivity contribution in [1.82, 2.24) is 4.98 Å². The van der Waals surface area contributed by atoms with Crippen molar-refractivity contribution in [3.8, 4) is 16.9 Å². The molecule has 2 aromatic rings. The van der Waals surface area contributed by atoms with E-state index >= 15 is 0 Å². The molecule has 0 bridgehead atoms. The van der Waals surface area contributed by atoms with Crippen LogP contribution in [0.4, 0.5) is 10.6 Å². The topological polar surface area (TPSA) is 88.7 Å². The van der Waals surface area contributed by atoms with E-state index < -0.39 is 6.09 Å². The molecular formula is C23H31N3O3. The highest BCUT2D eigenvalue weighted by molar-refractivity contribution is 5.85. The van der Waals surface area contributed by atoms with Crippen LogP contribution in [0.3, 0.4) is 0 Å². The van der Waals surface area contributed by atoms with Gasteiger partial charge in [0, 0.05) is 18.8 Å². The zero-order valence-electron chi connectivity index (χ0n) is 17.7. The van der Waals surface area contributed by atoms with E-state index in [0.717, 1.165) is 41.0 Å². The molecule has 6 heteroatoms. The van der Waals surface area contributed by atoms with Gasteiger partial charge in [-0.1, -0.05) is 19.9 Å². The lowest BCUT2D eigenvalue weighted by Crippen LogP contribution is -2.43. The summed E-state index contributed by atoms with van der Waals surface area (Å²) in [6.45, 7) is 6.85. The van der Waals surface area contributed by atoms with Gasteiger partial charge in [-0.25, -0.2) is 9.78 Å². The van der Waals surface area contributed by atoms with Crippen molar-refractivity contribution < 1.29 is 14.6 Å². The van der Waals surface area contributed by atoms with Crippen molar-refractivity contribution >= 4 is 11.9 Å². The summed E-state index contributed by atoms with van der Waals surface area (Å²) in [7, 11) is 1.49. The Bertz CT molecular complexity index is 875. The van der Waals surface area contributed by atoms with Gasteiger partial charge >= 0.3 is 6.09 Å². The zero-order chi connectivity index (χ0) is 21.2. The molecule has 1 aliphatic carbocycles. The van der Waals surface area contributed by atoms with Crippen molar-refractivity contribution in [2.24, 2.45) is 11.7 Å². The molecule has 1 aliphatic rings. The molecule has 0 aliphatic heterocycles. The smallest absolute Gasteiger partial charge is 0.412 e. The molecule has 6 nitrogen and oxygen atoms in total. The number of pyridine rings is 1. The van der Waals surface area contributed by atoms with Crippen molar-refractivity contribution in [2.75, 3.05) is 18.6 Å². The summed E-state index contributed by atoms with van der Waals surface area (Å²) >= 11 is 0. The zero-order valence-corrected chi connectivity index (χ0v) is 17.7. The van der Waals surface area contributed by atoms with Gasteiger partial charge < -0.3 is 15.6 Å². The highest BCUT2D eigenvalue weighted by Gasteiger charge is 2.28. The minimum absolute atomic E-state index is 0.366. The number of anilines is 1. The lowest BCUT2D eigenvalue weighted by atomic mass is 9.92. The highest BCUT2D eigenvalue weighted by Crippen LogP contribution is 2.45. The molecule has 156 valence electrons. The largest absolute Gasteiger partial charge is 0.491 e. The number of rotatable bonds is 8. The Labute approximate surface area is 172 Å². The predicted octanol–water partition coefficient (Wildman–Crippen LogP) is 4.88. The van der Waals surface area contributed by atoms with E-state index in [2.05, 4.69) is 24.9 Å². The van der Waals surface area contributed by atoms with Gasteiger partial charge in [0.15, 0.2) is 0 Å². The Balaban J connectivity index is 1.84. The third-order valence-electron chi connectivity index (χ3n) is 5.17. The lowest BCUT2D eigenvalue weighted by Gasteiger charge is -2.27. The molecule has 29 heavy (non-hydrogen) atoms. The number of nitrogens with zero attached hydrogens (tertiary/aromatic N) is 2. The van der Waals surface area contributed by atoms with Crippen LogP contribution in [0.2, 0.25) is 0 Å². The van der Waals surface area contributed by atoms with Crippen LogP contribution in [-0.2, 0) is 0 Å². The molecule has 1 aromatic carbocycles. The summed E-state index contributed by atoms with van der Waals surface area (Å²) < 4.78 is 6.17. The van der Waals surface area contributed by atoms with E-state index in [1.54, 1.807) is 12.3 Å². The number of nitrogens with two attached hydrogens (primary N) is 1. The molecule has 0 radical (unpaired) electrons. The minimum Gasteiger partial charge on any atom is -0.491 e. The summed E-state index contributed by atoms with van der Waals surface area (Å²) in [5.74, 6) is 2.33. The van der Waals surface area contributed by atoms with E-state index in [1.807, 2.05) is 25.1 Å². The summed E-state index contributed by atoms with van der Waals surface area (Å²) in [5.41, 5.74) is 9.21. The molecule has 1 amide bonds. The van der Waals surface area contributed by atoms with Gasteiger partial charge in [-0.2, -0.15) is 0 Å². The maximum absolute atomic E-state index is 11.2. The van der Waals surface area contributed by atoms with Gasteiger partial charge in [0.05, 0.1) is 0 Å². The van der Waals surface area contributed by atoms with Crippen LogP contribution >= 0.6 is 0 Å². The molecule has 0 unspecified atom stereocenters. The van der Waals surface area contributed by atoms with Gasteiger partial charge in [-0.3, -0.25) is 4.90 Å². The van der Waals surface area contributed by atoms with Gasteiger partial charge in [0.1, 0.15) is 18.2 Å². The first kappa shape index (κ1) is 21.1. The Morgan fingerprint density at radius 2 is 2.00 bits per heavy atom. The Morgan fingerprint density at radius 3 is 2.62 bits per heavy atom. The maximum atomic E-state index is 11.2. The fourth-order valence-corrected chi connectivity index (χ4v) is 3.69. The van der Waals surface area contributed by atoms with Gasteiger partial charge in [0.2, 0.25) is 0 Å². The van der Waals surface area contributed by atoms with Crippen molar-refractivity contribution in [2.45, 2.75) is 51.5 Å². The van der Waals surface area contributed by atoms with E-state index in [1.165, 1.54) is 12.6 Å². The second-order valence-corrected chi connectivity index (χ2v) is 8.81. The first-order chi connectivity index (χ1) is 13.7. The first-order valence-electron chi connectivity index (χ1n) is 10.1. The fraction of sp³-hybridized carbons (Fsp3) is 0.478. The van der Waals surface area contributed by atoms with Crippen LogP contribution in [-0.4, -0.2) is 35.4 Å². The molecule has 1 atom stereocenters. The molecule has 3 N–H and O–H groups in total. The van der Waals surface area contributed by atoms with Crippen LogP contribution in [0.15, 0.2) is 36.5 Å². The SMILES string of the molecule is CC(C)C[C@](C)(N)COc1ccc(-c2ccnc(N(C)C(=O)O)c2)cc1C1CC1. The Morgan fingerprint density at radius 1 is 1.31 bits per heavy atom. The summed E-state index contributed by atoms with van der Waals surface area (Å²) in [6, 6.07) is 9.86. The first-order valence-corrected chi connectivity index (χ1v) is 10.1. The predicted molar refractivity (Wildman–Crippen MR) is 116 cm³/mol. The number of aromatic nitrogens is 1. The number of carboxylic acid groups (broad SMARTS) is 1. The standard InChI is InChI=1S/C23H31N3O3/c1-15(2)13-23(3,24)14-29-20-8-7-17(11-19(20)16-5-6-16)18-9-10-25-21(12-18)26(4)22(27)28/h7-12,15-16H,5-6,13-14,24H2,1-4H3,(H,27,28)/t23-/m0/s1. The number of hydrogen-bond donors (Lipinski definition) is 2. The number of ether oxygens (including phenoxy) is 1. The molecule has 1 heterocycles. The molecule has 0 spiro atoms. The average molecular weight is 398 g/mol. The molecular weight excluding hydrogens is 366 g/mol. The summed E-state index contributed by atoms with van der Waals surface area (Å²) in [4.78, 5) is 16.5. The van der Waals surface area contributed by atoms with Gasteiger partial charge in [-0.05, 0) is 79.0 Å². The van der Waals surface area contributed by atoms with Crippen LogP contribution in [0.25, 0.3) is 11.1 Å². The van der Waals surface area contributed by atoms with Crippen LogP contribution in [0.1, 0.15) is 51.5 Å². The summed E-state index contributed by atoms with van der Waals surface area (Å²) in [6.07, 6.45) is 3.82. The second-order valence-electron chi connectivity index (χ2n) is 8.81. The molecule has 1 aromatic heterocycles. The lowest BCUT2D eigenvalue weighted by molar-refractivity contribution is 0.203. The van der Waals surface area contributed by atoms with E-state index in [-0.39, 0.29) is 5.54 Å². The summed E-state index contributed by atoms with van der Waals surface area (Å²) in [5, 5.41) is 9.20. The van der Waals surface area contributed by atoms with Crippen LogP contribution in [0.5, 0.6) is 5.75 Å². The number of amides is 1. The van der Waals surface area contributed by atoms with Crippen LogP contribution in [0, 0.1) is 5.92 Å². The molecule has 1 fully saturated rings. The number of hydrogen-bond acceptors (Lipinski definition) is 4. The molecule has 0 saturated heterocycles. The van der Waals surface area contributed by atoms with Gasteiger partial charge in [0.25, 0.3) is 0 Å². The van der Waals surface area contributed by atoms with E-state index in [4.69, 9.17) is 10.5 Å². The number of carbonyl (C=O) groups is 1. The maximum Gasteiger partial charge on any atom is 0.412 e. The second kappa shape index (κ2) is 8.41. The van der Waals surface area contributed by atoms with Gasteiger partial charge in [-0.15, -0.1) is 0 Å². The molecule has 1 saturated carbocycles. The van der Waals surface area contributed by atoms with Crippen molar-refractivity contribution in [3.05, 3.63) is 42.1 Å². The van der Waals surface area contributed by atoms with E-state index in [9.17, 15) is 9.90 Å². The monoisotopic (exact) mass is 397 g/mol. The fourth-order valence-electron chi connectivity index (χ4n) is 3.69. The average Bonchev–Trinajstić information content (AvgIpc) is 3.50.